The Kier molecular flexibility index (Phi) is 5.03. The van der Waals surface area contributed by atoms with Crippen LogP contribution in [-0.4, -0.2) is 51.2 Å². The molecule has 1 fully saturated rings. The number of hydrogen-bond acceptors (Lipinski definition) is 4. The molecule has 1 aliphatic rings. The molecule has 1 aromatic carbocycles. The van der Waals surface area contributed by atoms with E-state index in [0.29, 0.717) is 10.6 Å². The number of hydrogen-bond donors (Lipinski definition) is 1. The lowest BCUT2D eigenvalue weighted by molar-refractivity contribution is 0.246. The van der Waals surface area contributed by atoms with Gasteiger partial charge in [0.25, 0.3) is 0 Å². The van der Waals surface area contributed by atoms with Gasteiger partial charge in [-0.05, 0) is 18.2 Å². The number of piperazine rings is 1. The van der Waals surface area contributed by atoms with E-state index in [2.05, 4.69) is 21.2 Å². The van der Waals surface area contributed by atoms with Crippen molar-refractivity contribution in [3.8, 4) is 6.07 Å². The second-order valence-electron chi connectivity index (χ2n) is 4.79. The highest BCUT2D eigenvalue weighted by molar-refractivity contribution is 6.30. The summed E-state index contributed by atoms with van der Waals surface area (Å²) in [5, 5.41) is 13.2. The monoisotopic (exact) mass is 278 g/mol. The summed E-state index contributed by atoms with van der Waals surface area (Å²) in [6.07, 6.45) is 0. The van der Waals surface area contributed by atoms with Gasteiger partial charge in [-0.25, -0.2) is 0 Å². The number of nitrogens with zero attached hydrogens (tertiary/aromatic N) is 3. The maximum atomic E-state index is 9.14. The van der Waals surface area contributed by atoms with Crippen LogP contribution in [0.3, 0.4) is 0 Å². The zero-order chi connectivity index (χ0) is 13.7. The minimum Gasteiger partial charge on any atom is -0.372 e. The summed E-state index contributed by atoms with van der Waals surface area (Å²) in [7, 11) is 2.01. The van der Waals surface area contributed by atoms with Gasteiger partial charge in [0.15, 0.2) is 0 Å². The highest BCUT2D eigenvalue weighted by atomic mass is 35.5. The lowest BCUT2D eigenvalue weighted by atomic mass is 10.2. The van der Waals surface area contributed by atoms with Crippen molar-refractivity contribution in [3.05, 3.63) is 28.8 Å². The van der Waals surface area contributed by atoms with Gasteiger partial charge >= 0.3 is 0 Å². The Morgan fingerprint density at radius 3 is 2.84 bits per heavy atom. The number of anilines is 1. The van der Waals surface area contributed by atoms with Gasteiger partial charge in [0.1, 0.15) is 6.07 Å². The van der Waals surface area contributed by atoms with Crippen molar-refractivity contribution in [2.75, 3.05) is 51.2 Å². The van der Waals surface area contributed by atoms with Crippen molar-refractivity contribution in [2.24, 2.45) is 0 Å². The molecule has 2 rings (SSSR count). The van der Waals surface area contributed by atoms with Crippen LogP contribution < -0.4 is 10.2 Å². The van der Waals surface area contributed by atoms with Crippen LogP contribution in [-0.2, 0) is 0 Å². The number of nitriles is 1. The summed E-state index contributed by atoms with van der Waals surface area (Å²) in [6.45, 7) is 6.21. The average molecular weight is 279 g/mol. The van der Waals surface area contributed by atoms with Gasteiger partial charge in [-0.3, -0.25) is 4.90 Å². The van der Waals surface area contributed by atoms with E-state index in [1.54, 1.807) is 12.1 Å². The fourth-order valence-electron chi connectivity index (χ4n) is 2.26. The Bertz CT molecular complexity index is 463. The Morgan fingerprint density at radius 1 is 1.42 bits per heavy atom. The van der Waals surface area contributed by atoms with E-state index >= 15 is 0 Å². The maximum absolute atomic E-state index is 9.14. The molecule has 1 saturated heterocycles. The molecule has 0 bridgehead atoms. The van der Waals surface area contributed by atoms with E-state index < -0.39 is 0 Å². The molecule has 0 unspecified atom stereocenters. The van der Waals surface area contributed by atoms with Crippen LogP contribution in [0.4, 0.5) is 5.69 Å². The fourth-order valence-corrected chi connectivity index (χ4v) is 2.43. The summed E-state index contributed by atoms with van der Waals surface area (Å²) in [4.78, 5) is 4.54. The Labute approximate surface area is 119 Å². The zero-order valence-electron chi connectivity index (χ0n) is 11.2. The van der Waals surface area contributed by atoms with Gasteiger partial charge in [0.05, 0.1) is 11.3 Å². The van der Waals surface area contributed by atoms with Crippen molar-refractivity contribution < 1.29 is 0 Å². The first-order valence-corrected chi connectivity index (χ1v) is 6.92. The summed E-state index contributed by atoms with van der Waals surface area (Å²) in [6, 6.07) is 7.61. The summed E-state index contributed by atoms with van der Waals surface area (Å²) in [5.41, 5.74) is 1.58. The van der Waals surface area contributed by atoms with Crippen LogP contribution in [0.15, 0.2) is 18.2 Å². The summed E-state index contributed by atoms with van der Waals surface area (Å²) < 4.78 is 0. The third-order valence-electron chi connectivity index (χ3n) is 3.45. The number of rotatable bonds is 4. The molecule has 0 aromatic heterocycles. The molecular formula is C14H19ClN4. The molecule has 4 nitrogen and oxygen atoms in total. The smallest absolute Gasteiger partial charge is 0.101 e. The molecule has 1 aromatic rings. The largest absolute Gasteiger partial charge is 0.372 e. The molecule has 102 valence electrons. The molecule has 0 aliphatic carbocycles. The molecule has 19 heavy (non-hydrogen) atoms. The number of halogens is 1. The number of nitrogens with one attached hydrogen (secondary N) is 1. The minimum atomic E-state index is 0.669. The van der Waals surface area contributed by atoms with Gasteiger partial charge in [-0.15, -0.1) is 0 Å². The Morgan fingerprint density at radius 2 is 2.16 bits per heavy atom. The first-order chi connectivity index (χ1) is 9.20. The average Bonchev–Trinajstić information content (AvgIpc) is 2.46. The summed E-state index contributed by atoms with van der Waals surface area (Å²) in [5.74, 6) is 0. The van der Waals surface area contributed by atoms with Gasteiger partial charge in [0, 0.05) is 51.3 Å². The Balaban J connectivity index is 1.97. The van der Waals surface area contributed by atoms with Crippen molar-refractivity contribution in [1.29, 1.82) is 5.26 Å². The standard InChI is InChI=1S/C14H19ClN4/c1-18(8-9-19-6-4-17-5-7-19)14-10-13(15)3-2-12(14)11-16/h2-3,10,17H,4-9H2,1H3. The fraction of sp³-hybridized carbons (Fsp3) is 0.500. The quantitative estimate of drug-likeness (QED) is 0.908. The normalized spacial score (nSPS) is 16.1. The molecule has 1 N–H and O–H groups in total. The lowest BCUT2D eigenvalue weighted by Gasteiger charge is -2.30. The van der Waals surface area contributed by atoms with Crippen LogP contribution in [0.5, 0.6) is 0 Å². The van der Waals surface area contributed by atoms with Crippen molar-refractivity contribution >= 4 is 17.3 Å². The Hall–Kier alpha value is -1.28. The highest BCUT2D eigenvalue weighted by Crippen LogP contribution is 2.23. The molecule has 1 heterocycles. The van der Waals surface area contributed by atoms with E-state index in [9.17, 15) is 0 Å². The first-order valence-electron chi connectivity index (χ1n) is 6.54. The van der Waals surface area contributed by atoms with Gasteiger partial charge in [0.2, 0.25) is 0 Å². The predicted octanol–water partition coefficient (Wildman–Crippen LogP) is 1.55. The third kappa shape index (κ3) is 3.84. The minimum absolute atomic E-state index is 0.669. The van der Waals surface area contributed by atoms with Gasteiger partial charge in [-0.2, -0.15) is 5.26 Å². The molecule has 0 spiro atoms. The molecule has 0 atom stereocenters. The van der Waals surface area contributed by atoms with Crippen LogP contribution in [0.2, 0.25) is 5.02 Å². The third-order valence-corrected chi connectivity index (χ3v) is 3.69. The predicted molar refractivity (Wildman–Crippen MR) is 78.7 cm³/mol. The van der Waals surface area contributed by atoms with E-state index in [0.717, 1.165) is 45.0 Å². The zero-order valence-corrected chi connectivity index (χ0v) is 12.0. The van der Waals surface area contributed by atoms with E-state index in [1.807, 2.05) is 13.1 Å². The molecule has 0 amide bonds. The van der Waals surface area contributed by atoms with Crippen LogP contribution in [0.1, 0.15) is 5.56 Å². The topological polar surface area (TPSA) is 42.3 Å². The van der Waals surface area contributed by atoms with Gasteiger partial charge in [-0.1, -0.05) is 11.6 Å². The molecule has 0 radical (unpaired) electrons. The van der Waals surface area contributed by atoms with Crippen molar-refractivity contribution in [2.45, 2.75) is 0 Å². The van der Waals surface area contributed by atoms with Crippen molar-refractivity contribution in [1.82, 2.24) is 10.2 Å². The SMILES string of the molecule is CN(CCN1CCNCC1)c1cc(Cl)ccc1C#N. The van der Waals surface area contributed by atoms with Crippen LogP contribution in [0.25, 0.3) is 0 Å². The van der Waals surface area contributed by atoms with Gasteiger partial charge < -0.3 is 10.2 Å². The van der Waals surface area contributed by atoms with Crippen molar-refractivity contribution in [3.63, 3.8) is 0 Å². The number of likely N-dealkylation sites (N-methyl/N-ethyl adjacent to an activating group) is 1. The van der Waals surface area contributed by atoms with E-state index in [1.165, 1.54) is 0 Å². The number of benzene rings is 1. The second kappa shape index (κ2) is 6.76. The van der Waals surface area contributed by atoms with Crippen LogP contribution >= 0.6 is 11.6 Å². The first kappa shape index (κ1) is 14.1. The van der Waals surface area contributed by atoms with E-state index in [-0.39, 0.29) is 0 Å². The molecule has 5 heteroatoms. The van der Waals surface area contributed by atoms with E-state index in [4.69, 9.17) is 16.9 Å². The molecule has 0 saturated carbocycles. The molecular weight excluding hydrogens is 260 g/mol. The lowest BCUT2D eigenvalue weighted by Crippen LogP contribution is -2.46. The summed E-state index contributed by atoms with van der Waals surface area (Å²) >= 11 is 6.01. The maximum Gasteiger partial charge on any atom is 0.101 e. The highest BCUT2D eigenvalue weighted by Gasteiger charge is 2.12. The molecule has 1 aliphatic heterocycles. The van der Waals surface area contributed by atoms with Crippen LogP contribution in [0, 0.1) is 11.3 Å². The second-order valence-corrected chi connectivity index (χ2v) is 5.22.